The van der Waals surface area contributed by atoms with Crippen molar-refractivity contribution in [3.8, 4) is 11.5 Å². The highest BCUT2D eigenvalue weighted by Gasteiger charge is 2.29. The summed E-state index contributed by atoms with van der Waals surface area (Å²) in [6, 6.07) is 5.95. The number of fused-ring (bicyclic) bond motifs is 1. The van der Waals surface area contributed by atoms with Crippen LogP contribution in [-0.4, -0.2) is 38.2 Å². The van der Waals surface area contributed by atoms with E-state index in [9.17, 15) is 4.79 Å². The van der Waals surface area contributed by atoms with Crippen LogP contribution in [-0.2, 0) is 4.79 Å². The van der Waals surface area contributed by atoms with Gasteiger partial charge in [-0.2, -0.15) is 0 Å². The highest BCUT2D eigenvalue weighted by atomic mass is 32.2. The highest BCUT2D eigenvalue weighted by molar-refractivity contribution is 8.00. The van der Waals surface area contributed by atoms with Crippen LogP contribution < -0.4 is 14.8 Å². The summed E-state index contributed by atoms with van der Waals surface area (Å²) >= 11 is 1.38. The first kappa shape index (κ1) is 16.2. The minimum absolute atomic E-state index is 0.0551. The van der Waals surface area contributed by atoms with Crippen LogP contribution in [0.2, 0.25) is 0 Å². The van der Waals surface area contributed by atoms with Gasteiger partial charge in [-0.3, -0.25) is 4.79 Å². The van der Waals surface area contributed by atoms with Crippen molar-refractivity contribution in [3.05, 3.63) is 23.8 Å². The van der Waals surface area contributed by atoms with Crippen molar-refractivity contribution in [3.63, 3.8) is 0 Å². The number of thioether (sulfide) groups is 1. The molecule has 1 aliphatic heterocycles. The average Bonchev–Trinajstić information content (AvgIpc) is 3.16. The Hall–Kier alpha value is -2.29. The quantitative estimate of drug-likeness (QED) is 0.788. The summed E-state index contributed by atoms with van der Waals surface area (Å²) in [5.74, 6) is 1.39. The molecule has 2 heterocycles. The zero-order valence-electron chi connectivity index (χ0n) is 14.0. The van der Waals surface area contributed by atoms with Crippen molar-refractivity contribution < 1.29 is 14.3 Å². The molecular weight excluding hydrogens is 342 g/mol. The van der Waals surface area contributed by atoms with Crippen LogP contribution in [0.5, 0.6) is 11.5 Å². The van der Waals surface area contributed by atoms with E-state index in [1.165, 1.54) is 11.8 Å². The van der Waals surface area contributed by atoms with Gasteiger partial charge in [0.15, 0.2) is 11.5 Å². The Bertz CT molecular complexity index is 792. The van der Waals surface area contributed by atoms with Crippen LogP contribution >= 0.6 is 11.8 Å². The fraction of sp³-hybridized carbons (Fsp3) is 0.500. The monoisotopic (exact) mass is 361 g/mol. The number of amides is 1. The Labute approximate surface area is 149 Å². The maximum absolute atomic E-state index is 12.5. The number of hydrogen-bond acceptors (Lipinski definition) is 7. The molecule has 0 spiro atoms. The van der Waals surface area contributed by atoms with Gasteiger partial charge in [-0.25, -0.2) is 4.68 Å². The summed E-state index contributed by atoms with van der Waals surface area (Å²) in [7, 11) is 0. The van der Waals surface area contributed by atoms with Gasteiger partial charge in [-0.15, -0.1) is 5.10 Å². The summed E-state index contributed by atoms with van der Waals surface area (Å²) in [5.41, 5.74) is 0.970. The van der Waals surface area contributed by atoms with Gasteiger partial charge in [0, 0.05) is 0 Å². The van der Waals surface area contributed by atoms with Crippen molar-refractivity contribution in [2.75, 3.05) is 6.79 Å². The third kappa shape index (κ3) is 3.41. The first-order valence-corrected chi connectivity index (χ1v) is 9.14. The Balaban J connectivity index is 1.38. The number of ether oxygens (including phenoxy) is 2. The van der Waals surface area contributed by atoms with Gasteiger partial charge in [-0.1, -0.05) is 17.8 Å². The number of nitrogens with zero attached hydrogens (tertiary/aromatic N) is 4. The molecule has 1 aromatic heterocycles. The lowest BCUT2D eigenvalue weighted by atomic mass is 10.1. The van der Waals surface area contributed by atoms with Gasteiger partial charge in [0.2, 0.25) is 17.9 Å². The largest absolute Gasteiger partial charge is 0.454 e. The molecule has 2 aliphatic rings. The summed E-state index contributed by atoms with van der Waals surface area (Å²) in [5, 5.41) is 15.2. The smallest absolute Gasteiger partial charge is 0.233 e. The fourth-order valence-corrected chi connectivity index (χ4v) is 3.49. The van der Waals surface area contributed by atoms with E-state index in [-0.39, 0.29) is 24.0 Å². The van der Waals surface area contributed by atoms with Crippen molar-refractivity contribution in [2.45, 2.75) is 49.2 Å². The third-order valence-electron chi connectivity index (χ3n) is 4.26. The maximum Gasteiger partial charge on any atom is 0.233 e. The number of benzene rings is 1. The van der Waals surface area contributed by atoms with Crippen LogP contribution in [0.15, 0.2) is 23.4 Å². The topological polar surface area (TPSA) is 91.2 Å². The van der Waals surface area contributed by atoms with Gasteiger partial charge in [-0.05, 0) is 54.8 Å². The second kappa shape index (κ2) is 6.55. The Morgan fingerprint density at radius 3 is 2.92 bits per heavy atom. The predicted molar refractivity (Wildman–Crippen MR) is 90.5 cm³/mol. The molecule has 0 saturated heterocycles. The Kier molecular flexibility index (Phi) is 4.24. The standard InChI is InChI=1S/C16H19N5O3S/c1-9(11-3-6-13-14(7-11)24-8-23-13)17-15(22)10(2)25-16-18-19-20-21(16)12-4-5-12/h3,6-7,9-10,12H,4-5,8H2,1-2H3,(H,17,22). The highest BCUT2D eigenvalue weighted by Crippen LogP contribution is 2.37. The van der Waals surface area contributed by atoms with Crippen molar-refractivity contribution in [2.24, 2.45) is 0 Å². The number of carbonyl (C=O) groups excluding carboxylic acids is 1. The lowest BCUT2D eigenvalue weighted by Gasteiger charge is -2.17. The average molecular weight is 361 g/mol. The lowest BCUT2D eigenvalue weighted by Crippen LogP contribution is -2.33. The molecule has 132 valence electrons. The maximum atomic E-state index is 12.5. The number of carbonyl (C=O) groups is 1. The van der Waals surface area contributed by atoms with Crippen LogP contribution in [0, 0.1) is 0 Å². The van der Waals surface area contributed by atoms with Crippen molar-refractivity contribution in [1.29, 1.82) is 0 Å². The molecule has 1 fully saturated rings. The molecule has 1 saturated carbocycles. The second-order valence-electron chi connectivity index (χ2n) is 6.24. The predicted octanol–water partition coefficient (Wildman–Crippen LogP) is 2.09. The molecule has 8 nitrogen and oxygen atoms in total. The summed E-state index contributed by atoms with van der Waals surface area (Å²) in [6.07, 6.45) is 2.20. The SMILES string of the molecule is CC(Sc1nnnn1C1CC1)C(=O)NC(C)c1ccc2c(c1)OCO2. The molecule has 1 N–H and O–H groups in total. The number of tetrazole rings is 1. The molecule has 2 atom stereocenters. The van der Waals surface area contributed by atoms with E-state index >= 15 is 0 Å². The fourth-order valence-electron chi connectivity index (χ4n) is 2.62. The molecule has 1 aromatic carbocycles. The van der Waals surface area contributed by atoms with E-state index in [0.29, 0.717) is 16.9 Å². The molecule has 4 rings (SSSR count). The number of rotatable bonds is 6. The van der Waals surface area contributed by atoms with Gasteiger partial charge in [0.25, 0.3) is 0 Å². The number of aromatic nitrogens is 4. The first-order chi connectivity index (χ1) is 12.1. The van der Waals surface area contributed by atoms with Crippen molar-refractivity contribution in [1.82, 2.24) is 25.5 Å². The molecule has 0 radical (unpaired) electrons. The minimum atomic E-state index is -0.292. The van der Waals surface area contributed by atoms with Crippen LogP contribution in [0.1, 0.15) is 44.3 Å². The van der Waals surface area contributed by atoms with Gasteiger partial charge >= 0.3 is 0 Å². The summed E-state index contributed by atoms with van der Waals surface area (Å²) < 4.78 is 12.5. The van der Waals surface area contributed by atoms with Crippen LogP contribution in [0.3, 0.4) is 0 Å². The Morgan fingerprint density at radius 1 is 1.32 bits per heavy atom. The molecule has 2 unspecified atom stereocenters. The van der Waals surface area contributed by atoms with Crippen LogP contribution in [0.4, 0.5) is 0 Å². The molecular formula is C16H19N5O3S. The third-order valence-corrected chi connectivity index (χ3v) is 5.31. The molecule has 1 amide bonds. The molecule has 0 bridgehead atoms. The van der Waals surface area contributed by atoms with E-state index in [2.05, 4.69) is 20.8 Å². The zero-order chi connectivity index (χ0) is 17.4. The molecule has 25 heavy (non-hydrogen) atoms. The molecule has 1 aliphatic carbocycles. The molecule has 2 aromatic rings. The number of nitrogens with one attached hydrogen (secondary N) is 1. The van der Waals surface area contributed by atoms with Gasteiger partial charge < -0.3 is 14.8 Å². The lowest BCUT2D eigenvalue weighted by molar-refractivity contribution is -0.120. The molecule has 9 heteroatoms. The summed E-state index contributed by atoms with van der Waals surface area (Å²) in [6.45, 7) is 4.04. The van der Waals surface area contributed by atoms with E-state index in [1.54, 1.807) is 0 Å². The van der Waals surface area contributed by atoms with E-state index in [4.69, 9.17) is 9.47 Å². The Morgan fingerprint density at radius 2 is 2.12 bits per heavy atom. The normalized spacial score (nSPS) is 18.0. The van der Waals surface area contributed by atoms with E-state index in [1.807, 2.05) is 36.7 Å². The zero-order valence-corrected chi connectivity index (χ0v) is 14.8. The van der Waals surface area contributed by atoms with Gasteiger partial charge in [0.1, 0.15) is 0 Å². The second-order valence-corrected chi connectivity index (χ2v) is 7.55. The van der Waals surface area contributed by atoms with Gasteiger partial charge in [0.05, 0.1) is 17.3 Å². The summed E-state index contributed by atoms with van der Waals surface area (Å²) in [4.78, 5) is 12.5. The minimum Gasteiger partial charge on any atom is -0.454 e. The first-order valence-electron chi connectivity index (χ1n) is 8.26. The van der Waals surface area contributed by atoms with E-state index in [0.717, 1.165) is 24.2 Å². The van der Waals surface area contributed by atoms with Crippen LogP contribution in [0.25, 0.3) is 0 Å². The van der Waals surface area contributed by atoms with E-state index < -0.39 is 0 Å². The number of hydrogen-bond donors (Lipinski definition) is 1. The van der Waals surface area contributed by atoms with Crippen molar-refractivity contribution >= 4 is 17.7 Å².